The largest absolute Gasteiger partial charge is 0.497 e. The van der Waals surface area contributed by atoms with Crippen LogP contribution in [0.5, 0.6) is 5.75 Å². The van der Waals surface area contributed by atoms with Crippen molar-refractivity contribution in [3.05, 3.63) is 29.8 Å². The van der Waals surface area contributed by atoms with Crippen molar-refractivity contribution in [1.29, 1.82) is 0 Å². The van der Waals surface area contributed by atoms with Gasteiger partial charge < -0.3 is 19.5 Å². The highest BCUT2D eigenvalue weighted by atomic mass is 16.5. The molecule has 1 N–H and O–H groups in total. The van der Waals surface area contributed by atoms with Gasteiger partial charge in [0.2, 0.25) is 0 Å². The van der Waals surface area contributed by atoms with Gasteiger partial charge >= 0.3 is 0 Å². The van der Waals surface area contributed by atoms with Gasteiger partial charge in [-0.25, -0.2) is 0 Å². The molecule has 0 fully saturated rings. The molecule has 0 saturated heterocycles. The van der Waals surface area contributed by atoms with E-state index in [0.717, 1.165) is 38.5 Å². The molecule has 4 heteroatoms. The molecule has 0 bridgehead atoms. The van der Waals surface area contributed by atoms with E-state index in [-0.39, 0.29) is 6.04 Å². The molecule has 0 unspecified atom stereocenters. The standard InChI is InChI=1S/C15H25NO3/c1-13(14-6-4-7-15(12-14)18-3)16-8-11-19-10-5-9-17-2/h4,6-7,12-13,16H,5,8-11H2,1-3H3/t13-/m0/s1. The van der Waals surface area contributed by atoms with Crippen LogP contribution in [0.4, 0.5) is 0 Å². The van der Waals surface area contributed by atoms with Crippen molar-refractivity contribution in [2.75, 3.05) is 40.6 Å². The molecule has 108 valence electrons. The molecule has 0 radical (unpaired) electrons. The number of ether oxygens (including phenoxy) is 3. The summed E-state index contributed by atoms with van der Waals surface area (Å²) >= 11 is 0. The van der Waals surface area contributed by atoms with Gasteiger partial charge in [-0.05, 0) is 31.0 Å². The van der Waals surface area contributed by atoms with Crippen LogP contribution in [0.3, 0.4) is 0 Å². The Morgan fingerprint density at radius 2 is 2.00 bits per heavy atom. The smallest absolute Gasteiger partial charge is 0.119 e. The van der Waals surface area contributed by atoms with Crippen LogP contribution in [0.25, 0.3) is 0 Å². The second kappa shape index (κ2) is 9.78. The summed E-state index contributed by atoms with van der Waals surface area (Å²) < 4.78 is 15.7. The first-order valence-electron chi connectivity index (χ1n) is 6.72. The van der Waals surface area contributed by atoms with Crippen molar-refractivity contribution < 1.29 is 14.2 Å². The summed E-state index contributed by atoms with van der Waals surface area (Å²) in [7, 11) is 3.39. The molecule has 0 spiro atoms. The first-order valence-corrected chi connectivity index (χ1v) is 6.72. The van der Waals surface area contributed by atoms with E-state index in [2.05, 4.69) is 24.4 Å². The molecule has 1 rings (SSSR count). The summed E-state index contributed by atoms with van der Waals surface area (Å²) in [4.78, 5) is 0. The second-order valence-electron chi connectivity index (χ2n) is 4.41. The van der Waals surface area contributed by atoms with E-state index < -0.39 is 0 Å². The fraction of sp³-hybridized carbons (Fsp3) is 0.600. The van der Waals surface area contributed by atoms with Crippen molar-refractivity contribution in [3.8, 4) is 5.75 Å². The molecule has 1 atom stereocenters. The maximum atomic E-state index is 5.50. The topological polar surface area (TPSA) is 39.7 Å². The number of benzene rings is 1. The van der Waals surface area contributed by atoms with Gasteiger partial charge in [0, 0.05) is 32.9 Å². The minimum absolute atomic E-state index is 0.290. The molecule has 19 heavy (non-hydrogen) atoms. The molecule has 1 aromatic rings. The summed E-state index contributed by atoms with van der Waals surface area (Å²) in [5.74, 6) is 0.891. The second-order valence-corrected chi connectivity index (χ2v) is 4.41. The van der Waals surface area contributed by atoms with Gasteiger partial charge in [0.25, 0.3) is 0 Å². The Morgan fingerprint density at radius 1 is 1.16 bits per heavy atom. The van der Waals surface area contributed by atoms with Crippen LogP contribution in [0.2, 0.25) is 0 Å². The number of hydrogen-bond acceptors (Lipinski definition) is 4. The highest BCUT2D eigenvalue weighted by Gasteiger charge is 2.05. The van der Waals surface area contributed by atoms with Crippen LogP contribution in [-0.4, -0.2) is 40.6 Å². The molecule has 1 aromatic carbocycles. The maximum Gasteiger partial charge on any atom is 0.119 e. The van der Waals surface area contributed by atoms with Gasteiger partial charge in [-0.15, -0.1) is 0 Å². The van der Waals surface area contributed by atoms with Crippen molar-refractivity contribution in [3.63, 3.8) is 0 Å². The summed E-state index contributed by atoms with van der Waals surface area (Å²) in [6.07, 6.45) is 0.946. The molecular formula is C15H25NO3. The molecule has 0 aliphatic carbocycles. The maximum absolute atomic E-state index is 5.50. The number of hydrogen-bond donors (Lipinski definition) is 1. The number of nitrogens with one attached hydrogen (secondary N) is 1. The molecule has 0 amide bonds. The van der Waals surface area contributed by atoms with Crippen LogP contribution in [-0.2, 0) is 9.47 Å². The third-order valence-corrected chi connectivity index (χ3v) is 2.93. The zero-order chi connectivity index (χ0) is 13.9. The molecule has 0 aromatic heterocycles. The van der Waals surface area contributed by atoms with Crippen molar-refractivity contribution >= 4 is 0 Å². The SMILES string of the molecule is COCCCOCCN[C@@H](C)c1cccc(OC)c1. The normalized spacial score (nSPS) is 12.4. The van der Waals surface area contributed by atoms with E-state index in [1.807, 2.05) is 12.1 Å². The zero-order valence-corrected chi connectivity index (χ0v) is 12.1. The third-order valence-electron chi connectivity index (χ3n) is 2.93. The summed E-state index contributed by atoms with van der Waals surface area (Å²) in [6, 6.07) is 8.40. The van der Waals surface area contributed by atoms with Gasteiger partial charge in [-0.3, -0.25) is 0 Å². The van der Waals surface area contributed by atoms with E-state index in [9.17, 15) is 0 Å². The third kappa shape index (κ3) is 6.57. The Bertz CT molecular complexity index is 344. The lowest BCUT2D eigenvalue weighted by molar-refractivity contribution is 0.103. The Labute approximate surface area is 116 Å². The highest BCUT2D eigenvalue weighted by molar-refractivity contribution is 5.30. The first-order chi connectivity index (χ1) is 9.27. The van der Waals surface area contributed by atoms with Crippen LogP contribution in [0, 0.1) is 0 Å². The van der Waals surface area contributed by atoms with Gasteiger partial charge in [0.1, 0.15) is 5.75 Å². The Balaban J connectivity index is 2.18. The lowest BCUT2D eigenvalue weighted by atomic mass is 10.1. The molecule has 0 aliphatic rings. The minimum atomic E-state index is 0.290. The highest BCUT2D eigenvalue weighted by Crippen LogP contribution is 2.18. The molecule has 4 nitrogen and oxygen atoms in total. The number of rotatable bonds is 10. The Kier molecular flexibility index (Phi) is 8.21. The van der Waals surface area contributed by atoms with E-state index in [4.69, 9.17) is 14.2 Å². The first kappa shape index (κ1) is 16.0. The number of methoxy groups -OCH3 is 2. The van der Waals surface area contributed by atoms with E-state index in [1.165, 1.54) is 5.56 Å². The fourth-order valence-electron chi connectivity index (χ4n) is 1.78. The van der Waals surface area contributed by atoms with E-state index in [1.54, 1.807) is 14.2 Å². The Hall–Kier alpha value is -1.10. The van der Waals surface area contributed by atoms with Crippen molar-refractivity contribution in [2.45, 2.75) is 19.4 Å². The minimum Gasteiger partial charge on any atom is -0.497 e. The lowest BCUT2D eigenvalue weighted by Gasteiger charge is -2.15. The molecule has 0 saturated carbocycles. The summed E-state index contributed by atoms with van der Waals surface area (Å²) in [5, 5.41) is 3.43. The van der Waals surface area contributed by atoms with Gasteiger partial charge in [-0.1, -0.05) is 12.1 Å². The monoisotopic (exact) mass is 267 g/mol. The predicted octanol–water partition coefficient (Wildman–Crippen LogP) is 2.40. The molecular weight excluding hydrogens is 242 g/mol. The van der Waals surface area contributed by atoms with Crippen molar-refractivity contribution in [2.24, 2.45) is 0 Å². The lowest BCUT2D eigenvalue weighted by Crippen LogP contribution is -2.23. The van der Waals surface area contributed by atoms with Gasteiger partial charge in [0.05, 0.1) is 13.7 Å². The Morgan fingerprint density at radius 3 is 2.74 bits per heavy atom. The summed E-state index contributed by atoms with van der Waals surface area (Å²) in [6.45, 7) is 5.21. The average molecular weight is 267 g/mol. The van der Waals surface area contributed by atoms with Crippen molar-refractivity contribution in [1.82, 2.24) is 5.32 Å². The quantitative estimate of drug-likeness (QED) is 0.661. The van der Waals surface area contributed by atoms with Gasteiger partial charge in [-0.2, -0.15) is 0 Å². The average Bonchev–Trinajstić information content (AvgIpc) is 2.46. The predicted molar refractivity (Wildman–Crippen MR) is 76.7 cm³/mol. The van der Waals surface area contributed by atoms with E-state index >= 15 is 0 Å². The molecule has 0 heterocycles. The van der Waals surface area contributed by atoms with Crippen LogP contribution in [0.15, 0.2) is 24.3 Å². The fourth-order valence-corrected chi connectivity index (χ4v) is 1.78. The van der Waals surface area contributed by atoms with Crippen LogP contribution < -0.4 is 10.1 Å². The zero-order valence-electron chi connectivity index (χ0n) is 12.1. The molecule has 0 aliphatic heterocycles. The van der Waals surface area contributed by atoms with Crippen LogP contribution >= 0.6 is 0 Å². The summed E-state index contributed by atoms with van der Waals surface area (Å²) in [5.41, 5.74) is 1.22. The van der Waals surface area contributed by atoms with Gasteiger partial charge in [0.15, 0.2) is 0 Å². The van der Waals surface area contributed by atoms with E-state index in [0.29, 0.717) is 0 Å². The van der Waals surface area contributed by atoms with Crippen LogP contribution in [0.1, 0.15) is 24.9 Å².